The van der Waals surface area contributed by atoms with E-state index in [4.69, 9.17) is 4.74 Å². The second-order valence-corrected chi connectivity index (χ2v) is 2.63. The number of hydrogen-bond donors (Lipinski definition) is 0. The Balaban J connectivity index is 0.000000980. The Hall–Kier alpha value is -1.54. The Labute approximate surface area is 88.6 Å². The van der Waals surface area contributed by atoms with Crippen LogP contribution in [0.2, 0.25) is 0 Å². The van der Waals surface area contributed by atoms with Crippen molar-refractivity contribution in [3.05, 3.63) is 49.2 Å². The zero-order chi connectivity index (χ0) is 9.10. The number of hydrogen-bond acceptors (Lipinski definition) is 2. The average molecular weight is 208 g/mol. The highest BCUT2D eigenvalue weighted by Crippen LogP contribution is 2.15. The predicted octanol–water partition coefficient (Wildman–Crippen LogP) is 3.18. The predicted molar refractivity (Wildman–Crippen MR) is 59.8 cm³/mol. The minimum atomic E-state index is 0. The molecule has 2 rings (SSSR count). The summed E-state index contributed by atoms with van der Waals surface area (Å²) in [6, 6.07) is 11.7. The van der Waals surface area contributed by atoms with Crippen molar-refractivity contribution >= 4 is 23.3 Å². The van der Waals surface area contributed by atoms with E-state index in [9.17, 15) is 0 Å². The molecule has 0 saturated heterocycles. The molecule has 0 unspecified atom stereocenters. The van der Waals surface area contributed by atoms with Crippen LogP contribution in [0.3, 0.4) is 0 Å². The van der Waals surface area contributed by atoms with Gasteiger partial charge in [0.2, 0.25) is 5.88 Å². The molecule has 0 fully saturated rings. The van der Waals surface area contributed by atoms with Gasteiger partial charge in [0.1, 0.15) is 0 Å². The van der Waals surface area contributed by atoms with Crippen LogP contribution in [0, 0.1) is 0 Å². The Morgan fingerprint density at radius 1 is 1.14 bits per heavy atom. The Morgan fingerprint density at radius 3 is 2.71 bits per heavy atom. The molecule has 0 N–H and O–H groups in total. The van der Waals surface area contributed by atoms with E-state index in [-0.39, 0.29) is 12.4 Å². The lowest BCUT2D eigenvalue weighted by Gasteiger charge is -2.00. The minimum Gasteiger partial charge on any atom is -0.447 e. The van der Waals surface area contributed by atoms with Crippen molar-refractivity contribution in [2.45, 2.75) is 0 Å². The molecule has 0 atom stereocenters. The van der Waals surface area contributed by atoms with Gasteiger partial charge in [-0.1, -0.05) is 24.8 Å². The zero-order valence-corrected chi connectivity index (χ0v) is 8.33. The van der Waals surface area contributed by atoms with E-state index in [2.05, 4.69) is 11.6 Å². The van der Waals surface area contributed by atoms with Gasteiger partial charge in [0.15, 0.2) is 0 Å². The monoisotopic (exact) mass is 207 g/mol. The number of aromatic nitrogens is 1. The standard InChI is InChI=1S/C11H9NO.ClH/c1-2-13-11-8-7-9-5-3-4-6-10(9)12-11;/h2-8H,1H2;1H. The summed E-state index contributed by atoms with van der Waals surface area (Å²) in [6.07, 6.45) is 1.37. The van der Waals surface area contributed by atoms with Gasteiger partial charge in [0.25, 0.3) is 0 Å². The maximum Gasteiger partial charge on any atom is 0.218 e. The molecule has 0 aliphatic heterocycles. The van der Waals surface area contributed by atoms with Gasteiger partial charge in [-0.05, 0) is 12.1 Å². The van der Waals surface area contributed by atoms with Crippen LogP contribution in [0.1, 0.15) is 0 Å². The summed E-state index contributed by atoms with van der Waals surface area (Å²) in [5.41, 5.74) is 0.932. The molecule has 14 heavy (non-hydrogen) atoms. The smallest absolute Gasteiger partial charge is 0.218 e. The summed E-state index contributed by atoms with van der Waals surface area (Å²) < 4.78 is 5.07. The molecule has 0 spiro atoms. The molecular weight excluding hydrogens is 198 g/mol. The number of halogens is 1. The Morgan fingerprint density at radius 2 is 1.93 bits per heavy atom. The first-order valence-electron chi connectivity index (χ1n) is 4.03. The van der Waals surface area contributed by atoms with E-state index in [0.29, 0.717) is 5.88 Å². The summed E-state index contributed by atoms with van der Waals surface area (Å²) in [6.45, 7) is 3.47. The highest BCUT2D eigenvalue weighted by Gasteiger charge is 1.95. The topological polar surface area (TPSA) is 22.1 Å². The van der Waals surface area contributed by atoms with E-state index < -0.39 is 0 Å². The maximum atomic E-state index is 5.07. The number of ether oxygens (including phenoxy) is 1. The fourth-order valence-electron chi connectivity index (χ4n) is 1.20. The van der Waals surface area contributed by atoms with Crippen molar-refractivity contribution < 1.29 is 4.74 Å². The lowest BCUT2D eigenvalue weighted by molar-refractivity contribution is 0.465. The molecule has 0 saturated carbocycles. The first-order chi connectivity index (χ1) is 6.40. The van der Waals surface area contributed by atoms with Crippen LogP contribution < -0.4 is 4.74 Å². The van der Waals surface area contributed by atoms with Crippen molar-refractivity contribution in [1.29, 1.82) is 0 Å². The fourth-order valence-corrected chi connectivity index (χ4v) is 1.20. The van der Waals surface area contributed by atoms with Crippen molar-refractivity contribution in [3.8, 4) is 5.88 Å². The first-order valence-corrected chi connectivity index (χ1v) is 4.03. The van der Waals surface area contributed by atoms with Gasteiger partial charge in [-0.15, -0.1) is 12.4 Å². The molecule has 1 heterocycles. The summed E-state index contributed by atoms with van der Waals surface area (Å²) in [5, 5.41) is 1.11. The minimum absolute atomic E-state index is 0. The SMILES string of the molecule is C=COc1ccc2ccccc2n1.Cl. The molecular formula is C11H10ClNO. The van der Waals surface area contributed by atoms with Gasteiger partial charge < -0.3 is 4.74 Å². The van der Waals surface area contributed by atoms with Gasteiger partial charge in [-0.3, -0.25) is 0 Å². The second-order valence-electron chi connectivity index (χ2n) is 2.63. The summed E-state index contributed by atoms with van der Waals surface area (Å²) in [4.78, 5) is 4.27. The third-order valence-corrected chi connectivity index (χ3v) is 1.78. The number of fused-ring (bicyclic) bond motifs is 1. The van der Waals surface area contributed by atoms with Crippen LogP contribution >= 0.6 is 12.4 Å². The molecule has 0 amide bonds. The van der Waals surface area contributed by atoms with Crippen LogP contribution in [-0.4, -0.2) is 4.98 Å². The summed E-state index contributed by atoms with van der Waals surface area (Å²) in [5.74, 6) is 0.578. The van der Waals surface area contributed by atoms with Crippen molar-refractivity contribution in [2.75, 3.05) is 0 Å². The Bertz CT molecular complexity index is 442. The van der Waals surface area contributed by atoms with Crippen LogP contribution in [0.4, 0.5) is 0 Å². The normalized spacial score (nSPS) is 9.14. The van der Waals surface area contributed by atoms with Gasteiger partial charge in [0, 0.05) is 11.5 Å². The van der Waals surface area contributed by atoms with E-state index in [1.54, 1.807) is 0 Å². The lowest BCUT2D eigenvalue weighted by atomic mass is 10.2. The molecule has 0 radical (unpaired) electrons. The van der Waals surface area contributed by atoms with Crippen LogP contribution in [0.5, 0.6) is 5.88 Å². The van der Waals surface area contributed by atoms with Gasteiger partial charge >= 0.3 is 0 Å². The average Bonchev–Trinajstić information content (AvgIpc) is 2.18. The largest absolute Gasteiger partial charge is 0.447 e. The van der Waals surface area contributed by atoms with Gasteiger partial charge in [0.05, 0.1) is 11.8 Å². The molecule has 0 bridgehead atoms. The summed E-state index contributed by atoms with van der Waals surface area (Å²) >= 11 is 0. The van der Waals surface area contributed by atoms with Crippen LogP contribution in [0.25, 0.3) is 10.9 Å². The van der Waals surface area contributed by atoms with E-state index in [0.717, 1.165) is 10.9 Å². The number of para-hydroxylation sites is 1. The van der Waals surface area contributed by atoms with Crippen molar-refractivity contribution in [1.82, 2.24) is 4.98 Å². The number of nitrogens with zero attached hydrogens (tertiary/aromatic N) is 1. The molecule has 1 aromatic heterocycles. The van der Waals surface area contributed by atoms with E-state index in [1.165, 1.54) is 6.26 Å². The fraction of sp³-hybridized carbons (Fsp3) is 0. The second kappa shape index (κ2) is 4.63. The molecule has 2 aromatic rings. The highest BCUT2D eigenvalue weighted by molar-refractivity contribution is 5.85. The third kappa shape index (κ3) is 2.03. The van der Waals surface area contributed by atoms with E-state index in [1.807, 2.05) is 36.4 Å². The molecule has 0 aliphatic carbocycles. The highest BCUT2D eigenvalue weighted by atomic mass is 35.5. The van der Waals surface area contributed by atoms with Crippen molar-refractivity contribution in [2.24, 2.45) is 0 Å². The van der Waals surface area contributed by atoms with Crippen LogP contribution in [-0.2, 0) is 0 Å². The third-order valence-electron chi connectivity index (χ3n) is 1.78. The molecule has 2 nitrogen and oxygen atoms in total. The lowest BCUT2D eigenvalue weighted by Crippen LogP contribution is -1.85. The first kappa shape index (κ1) is 10.5. The molecule has 1 aromatic carbocycles. The van der Waals surface area contributed by atoms with Crippen LogP contribution in [0.15, 0.2) is 49.2 Å². The summed E-state index contributed by atoms with van der Waals surface area (Å²) in [7, 11) is 0. The van der Waals surface area contributed by atoms with Gasteiger partial charge in [-0.2, -0.15) is 0 Å². The molecule has 72 valence electrons. The molecule has 3 heteroatoms. The maximum absolute atomic E-state index is 5.07. The number of benzene rings is 1. The molecule has 0 aliphatic rings. The van der Waals surface area contributed by atoms with E-state index >= 15 is 0 Å². The number of pyridine rings is 1. The Kier molecular flexibility index (Phi) is 3.48. The quantitative estimate of drug-likeness (QED) is 0.706. The zero-order valence-electron chi connectivity index (χ0n) is 7.51. The van der Waals surface area contributed by atoms with Gasteiger partial charge in [-0.25, -0.2) is 4.98 Å². The van der Waals surface area contributed by atoms with Crippen molar-refractivity contribution in [3.63, 3.8) is 0 Å². The number of rotatable bonds is 2.